The number of rotatable bonds is 0. The number of carbonyl (C=O) groups is 1. The minimum absolute atomic E-state index is 0.0886. The van der Waals surface area contributed by atoms with Gasteiger partial charge in [0, 0.05) is 11.4 Å². The van der Waals surface area contributed by atoms with Crippen molar-refractivity contribution in [3.8, 4) is 0 Å². The van der Waals surface area contributed by atoms with Crippen molar-refractivity contribution in [3.05, 3.63) is 34.8 Å². The van der Waals surface area contributed by atoms with E-state index in [-0.39, 0.29) is 12.5 Å². The Labute approximate surface area is 74.4 Å². The summed E-state index contributed by atoms with van der Waals surface area (Å²) in [5.74, 6) is -0.344. The summed E-state index contributed by atoms with van der Waals surface area (Å²) in [6.07, 6.45) is 1.49. The number of hydroxylamine groups is 2. The van der Waals surface area contributed by atoms with Crippen LogP contribution in [0.15, 0.2) is 29.3 Å². The molecule has 1 aromatic carbocycles. The minimum atomic E-state index is -0.344. The van der Waals surface area contributed by atoms with Crippen LogP contribution >= 0.6 is 0 Å². The van der Waals surface area contributed by atoms with Crippen molar-refractivity contribution in [1.29, 1.82) is 0 Å². The fourth-order valence-corrected chi connectivity index (χ4v) is 1.21. The summed E-state index contributed by atoms with van der Waals surface area (Å²) in [5.41, 5.74) is 0. The number of amides is 1. The van der Waals surface area contributed by atoms with Crippen molar-refractivity contribution < 1.29 is 10.0 Å². The Kier molecular flexibility index (Phi) is 1.83. The molecule has 1 N–H and O–H groups in total. The Morgan fingerprint density at radius 3 is 3.00 bits per heavy atom. The second kappa shape index (κ2) is 2.99. The van der Waals surface area contributed by atoms with Crippen LogP contribution in [-0.4, -0.2) is 22.7 Å². The van der Waals surface area contributed by atoms with Gasteiger partial charge in [-0.2, -0.15) is 0 Å². The second-order valence-electron chi connectivity index (χ2n) is 2.79. The highest BCUT2D eigenvalue weighted by Crippen LogP contribution is 1.87. The van der Waals surface area contributed by atoms with Gasteiger partial charge < -0.3 is 0 Å². The Morgan fingerprint density at radius 1 is 1.38 bits per heavy atom. The summed E-state index contributed by atoms with van der Waals surface area (Å²) < 4.78 is 0. The molecule has 0 spiro atoms. The highest BCUT2D eigenvalue weighted by atomic mass is 16.5. The van der Waals surface area contributed by atoms with Crippen LogP contribution in [0.25, 0.3) is 6.20 Å². The van der Waals surface area contributed by atoms with Gasteiger partial charge in [0.2, 0.25) is 0 Å². The summed E-state index contributed by atoms with van der Waals surface area (Å²) in [6.45, 7) is -0.0886. The lowest BCUT2D eigenvalue weighted by atomic mass is 10.3. The number of hydrogen-bond acceptors (Lipinski definition) is 3. The number of benzene rings is 1. The van der Waals surface area contributed by atoms with Crippen molar-refractivity contribution >= 4 is 12.1 Å². The second-order valence-corrected chi connectivity index (χ2v) is 2.79. The standard InChI is InChI=1S/C9H8N2O2/c12-9-6-11(13)5-7-3-1-2-4-8(7)10-9/h1-5,13H,6H2. The van der Waals surface area contributed by atoms with Gasteiger partial charge in [0.1, 0.15) is 6.54 Å². The summed E-state index contributed by atoms with van der Waals surface area (Å²) >= 11 is 0. The van der Waals surface area contributed by atoms with Gasteiger partial charge in [-0.15, -0.1) is 0 Å². The maximum absolute atomic E-state index is 11.1. The van der Waals surface area contributed by atoms with E-state index in [0.29, 0.717) is 5.36 Å². The molecule has 66 valence electrons. The molecule has 1 heterocycles. The van der Waals surface area contributed by atoms with Crippen LogP contribution in [0.2, 0.25) is 0 Å². The molecule has 1 aliphatic rings. The quantitative estimate of drug-likeness (QED) is 0.567. The molecule has 0 aromatic heterocycles. The van der Waals surface area contributed by atoms with Gasteiger partial charge in [-0.1, -0.05) is 18.2 Å². The molecule has 0 unspecified atom stereocenters. The molecule has 0 bridgehead atoms. The number of carbonyl (C=O) groups excluding carboxylic acids is 1. The Hall–Kier alpha value is -1.68. The Morgan fingerprint density at radius 2 is 2.15 bits per heavy atom. The van der Waals surface area contributed by atoms with Gasteiger partial charge in [0.05, 0.1) is 5.36 Å². The smallest absolute Gasteiger partial charge is 0.268 e. The predicted octanol–water partition coefficient (Wildman–Crippen LogP) is -0.724. The van der Waals surface area contributed by atoms with E-state index in [9.17, 15) is 10.0 Å². The van der Waals surface area contributed by atoms with Crippen LogP contribution in [0, 0.1) is 0 Å². The highest BCUT2D eigenvalue weighted by molar-refractivity contribution is 5.79. The molecule has 0 fully saturated rings. The van der Waals surface area contributed by atoms with Crippen LogP contribution < -0.4 is 10.6 Å². The van der Waals surface area contributed by atoms with E-state index in [1.165, 1.54) is 6.20 Å². The lowest BCUT2D eigenvalue weighted by molar-refractivity contribution is -0.124. The van der Waals surface area contributed by atoms with E-state index in [4.69, 9.17) is 0 Å². The van der Waals surface area contributed by atoms with Gasteiger partial charge in [-0.25, -0.2) is 4.99 Å². The number of hydrogen-bond donors (Lipinski definition) is 1. The minimum Gasteiger partial charge on any atom is -0.288 e. The molecule has 0 radical (unpaired) electrons. The van der Waals surface area contributed by atoms with Crippen molar-refractivity contribution in [2.75, 3.05) is 6.54 Å². The van der Waals surface area contributed by atoms with Gasteiger partial charge in [-0.3, -0.25) is 15.1 Å². The van der Waals surface area contributed by atoms with Crippen LogP contribution in [0.1, 0.15) is 0 Å². The SMILES string of the molecule is O=C1CN(O)C=c2ccccc2=N1. The van der Waals surface area contributed by atoms with E-state index < -0.39 is 0 Å². The molecular formula is C9H8N2O2. The van der Waals surface area contributed by atoms with E-state index >= 15 is 0 Å². The van der Waals surface area contributed by atoms with Crippen molar-refractivity contribution in [2.24, 2.45) is 4.99 Å². The molecule has 1 aliphatic heterocycles. The summed E-state index contributed by atoms with van der Waals surface area (Å²) in [6, 6.07) is 7.16. The molecule has 1 aromatic rings. The molecular weight excluding hydrogens is 168 g/mol. The van der Waals surface area contributed by atoms with Gasteiger partial charge in [0.15, 0.2) is 0 Å². The van der Waals surface area contributed by atoms with Crippen LogP contribution in [0.4, 0.5) is 0 Å². The highest BCUT2D eigenvalue weighted by Gasteiger charge is 2.06. The van der Waals surface area contributed by atoms with Crippen molar-refractivity contribution in [3.63, 3.8) is 0 Å². The number of nitrogens with zero attached hydrogens (tertiary/aromatic N) is 2. The average Bonchev–Trinajstić information content (AvgIpc) is 2.20. The molecule has 4 nitrogen and oxygen atoms in total. The zero-order valence-electron chi connectivity index (χ0n) is 6.84. The third-order valence-electron chi connectivity index (χ3n) is 1.77. The molecule has 0 saturated heterocycles. The topological polar surface area (TPSA) is 52.9 Å². The van der Waals surface area contributed by atoms with Crippen molar-refractivity contribution in [2.45, 2.75) is 0 Å². The Bertz CT molecular complexity index is 453. The van der Waals surface area contributed by atoms with Gasteiger partial charge >= 0.3 is 0 Å². The first-order valence-corrected chi connectivity index (χ1v) is 3.90. The first kappa shape index (κ1) is 7.94. The van der Waals surface area contributed by atoms with E-state index in [1.807, 2.05) is 6.07 Å². The van der Waals surface area contributed by atoms with Crippen LogP contribution in [-0.2, 0) is 4.79 Å². The fraction of sp³-hybridized carbons (Fsp3) is 0.111. The lowest BCUT2D eigenvalue weighted by Gasteiger charge is -2.05. The maximum Gasteiger partial charge on any atom is 0.268 e. The number of para-hydroxylation sites is 1. The fourth-order valence-electron chi connectivity index (χ4n) is 1.21. The molecule has 0 aliphatic carbocycles. The third kappa shape index (κ3) is 1.57. The molecule has 4 heteroatoms. The van der Waals surface area contributed by atoms with Gasteiger partial charge in [0.25, 0.3) is 5.91 Å². The van der Waals surface area contributed by atoms with Crippen LogP contribution in [0.5, 0.6) is 0 Å². The molecule has 13 heavy (non-hydrogen) atoms. The normalized spacial score (nSPS) is 15.5. The zero-order valence-corrected chi connectivity index (χ0v) is 6.84. The zero-order chi connectivity index (χ0) is 9.26. The predicted molar refractivity (Wildman–Crippen MR) is 45.2 cm³/mol. The Balaban J connectivity index is 2.75. The molecule has 0 saturated carbocycles. The lowest BCUT2D eigenvalue weighted by Crippen LogP contribution is -2.25. The van der Waals surface area contributed by atoms with Gasteiger partial charge in [-0.05, 0) is 6.07 Å². The van der Waals surface area contributed by atoms with E-state index in [2.05, 4.69) is 4.99 Å². The van der Waals surface area contributed by atoms with Crippen molar-refractivity contribution in [1.82, 2.24) is 5.06 Å². The summed E-state index contributed by atoms with van der Waals surface area (Å²) in [4.78, 5) is 14.9. The molecule has 0 atom stereocenters. The largest absolute Gasteiger partial charge is 0.288 e. The average molecular weight is 176 g/mol. The monoisotopic (exact) mass is 176 g/mol. The summed E-state index contributed by atoms with van der Waals surface area (Å²) in [5, 5.41) is 11.4. The summed E-state index contributed by atoms with van der Waals surface area (Å²) in [7, 11) is 0. The first-order valence-electron chi connectivity index (χ1n) is 3.90. The maximum atomic E-state index is 11.1. The molecule has 2 rings (SSSR count). The first-order chi connectivity index (χ1) is 6.25. The molecule has 1 amide bonds. The third-order valence-corrected chi connectivity index (χ3v) is 1.77. The number of fused-ring (bicyclic) bond motifs is 1. The van der Waals surface area contributed by atoms with E-state index in [0.717, 1.165) is 10.3 Å². The van der Waals surface area contributed by atoms with E-state index in [1.54, 1.807) is 18.2 Å². The van der Waals surface area contributed by atoms with Crippen LogP contribution in [0.3, 0.4) is 0 Å².